The Morgan fingerprint density at radius 2 is 2.29 bits per heavy atom. The van der Waals surface area contributed by atoms with Crippen LogP contribution in [0, 0.1) is 0 Å². The first-order valence-corrected chi connectivity index (χ1v) is 6.31. The van der Waals surface area contributed by atoms with E-state index in [1.165, 1.54) is 12.3 Å². The maximum atomic E-state index is 11.7. The topological polar surface area (TPSA) is 111 Å². The second kappa shape index (κ2) is 5.80. The smallest absolute Gasteiger partial charge is 0.404 e. The zero-order chi connectivity index (χ0) is 12.9. The van der Waals surface area contributed by atoms with E-state index in [9.17, 15) is 13.2 Å². The fourth-order valence-corrected chi connectivity index (χ4v) is 2.41. The Morgan fingerprint density at radius 3 is 2.88 bits per heavy atom. The molecule has 0 unspecified atom stereocenters. The third-order valence-corrected chi connectivity index (χ3v) is 3.59. The number of primary amides is 1. The minimum atomic E-state index is -3.77. The van der Waals surface area contributed by atoms with Crippen molar-refractivity contribution in [2.24, 2.45) is 5.73 Å². The molecule has 0 fully saturated rings. The monoisotopic (exact) mass is 279 g/mol. The van der Waals surface area contributed by atoms with Gasteiger partial charge in [-0.2, -0.15) is 0 Å². The van der Waals surface area contributed by atoms with E-state index in [4.69, 9.17) is 17.3 Å². The van der Waals surface area contributed by atoms with Gasteiger partial charge in [0.05, 0.1) is 5.02 Å². The van der Waals surface area contributed by atoms with Gasteiger partial charge >= 0.3 is 6.09 Å². The summed E-state index contributed by atoms with van der Waals surface area (Å²) in [4.78, 5) is 13.8. The van der Waals surface area contributed by atoms with Crippen LogP contribution in [0.2, 0.25) is 5.02 Å². The van der Waals surface area contributed by atoms with Gasteiger partial charge in [0, 0.05) is 18.9 Å². The van der Waals surface area contributed by atoms with Gasteiger partial charge in [-0.3, -0.25) is 4.98 Å². The maximum Gasteiger partial charge on any atom is 0.404 e. The van der Waals surface area contributed by atoms with Gasteiger partial charge in [-0.15, -0.1) is 0 Å². The van der Waals surface area contributed by atoms with Gasteiger partial charge in [0.25, 0.3) is 0 Å². The quantitative estimate of drug-likeness (QED) is 0.743. The summed E-state index contributed by atoms with van der Waals surface area (Å²) < 4.78 is 29.9. The van der Waals surface area contributed by atoms with Crippen LogP contribution >= 0.6 is 11.6 Å². The number of nitrogens with one attached hydrogen (secondary N) is 1. The van der Waals surface area contributed by atoms with Crippen molar-refractivity contribution in [1.29, 1.82) is 0 Å². The van der Waals surface area contributed by atoms with E-state index in [0.29, 0.717) is 0 Å². The molecule has 1 heterocycles. The molecule has 0 aromatic carbocycles. The number of amides is 1. The van der Waals surface area contributed by atoms with Gasteiger partial charge in [-0.05, 0) is 6.07 Å². The molecule has 1 aromatic heterocycles. The van der Waals surface area contributed by atoms with Crippen LogP contribution in [0.3, 0.4) is 0 Å². The third kappa shape index (κ3) is 4.17. The van der Waals surface area contributed by atoms with Crippen molar-refractivity contribution in [3.63, 3.8) is 0 Å². The van der Waals surface area contributed by atoms with Crippen molar-refractivity contribution in [3.05, 3.63) is 23.5 Å². The number of carbonyl (C=O) groups excluding carboxylic acids is 1. The Hall–Kier alpha value is -1.38. The van der Waals surface area contributed by atoms with Gasteiger partial charge in [0.1, 0.15) is 11.5 Å². The summed E-state index contributed by atoms with van der Waals surface area (Å²) in [7, 11) is -3.77. The molecule has 7 nitrogen and oxygen atoms in total. The Labute approximate surface area is 103 Å². The molecule has 0 aliphatic carbocycles. The Balaban J connectivity index is 2.64. The largest absolute Gasteiger partial charge is 0.448 e. The minimum absolute atomic E-state index is 0.0586. The number of pyridine rings is 1. The highest BCUT2D eigenvalue weighted by Crippen LogP contribution is 2.18. The SMILES string of the molecule is NC(=O)OCCNS(=O)(=O)c1cnccc1Cl. The number of halogens is 1. The van der Waals surface area contributed by atoms with Crippen LogP contribution in [0.4, 0.5) is 4.79 Å². The fraction of sp³-hybridized carbons (Fsp3) is 0.250. The van der Waals surface area contributed by atoms with Crippen LogP contribution < -0.4 is 10.5 Å². The molecule has 0 saturated heterocycles. The van der Waals surface area contributed by atoms with Gasteiger partial charge in [0.2, 0.25) is 10.0 Å². The number of sulfonamides is 1. The van der Waals surface area contributed by atoms with Crippen LogP contribution in [0.15, 0.2) is 23.4 Å². The molecule has 1 rings (SSSR count). The van der Waals surface area contributed by atoms with Crippen molar-refractivity contribution in [1.82, 2.24) is 9.71 Å². The molecule has 0 bridgehead atoms. The molecule has 0 radical (unpaired) electrons. The summed E-state index contributed by atoms with van der Waals surface area (Å²) in [5, 5.41) is 0.0586. The summed E-state index contributed by atoms with van der Waals surface area (Å²) in [6.07, 6.45) is 1.53. The van der Waals surface area contributed by atoms with Gasteiger partial charge in [-0.1, -0.05) is 11.6 Å². The number of hydrogen-bond acceptors (Lipinski definition) is 5. The van der Waals surface area contributed by atoms with Crippen LogP contribution in [-0.2, 0) is 14.8 Å². The van der Waals surface area contributed by atoms with Crippen LogP contribution in [0.25, 0.3) is 0 Å². The third-order valence-electron chi connectivity index (χ3n) is 1.66. The molecule has 0 atom stereocenters. The summed E-state index contributed by atoms with van der Waals surface area (Å²) in [6, 6.07) is 1.36. The molecule has 17 heavy (non-hydrogen) atoms. The Kier molecular flexibility index (Phi) is 4.67. The lowest BCUT2D eigenvalue weighted by Gasteiger charge is -2.07. The number of aromatic nitrogens is 1. The van der Waals surface area contributed by atoms with Crippen molar-refractivity contribution in [2.75, 3.05) is 13.2 Å². The minimum Gasteiger partial charge on any atom is -0.448 e. The van der Waals surface area contributed by atoms with E-state index in [1.54, 1.807) is 0 Å². The summed E-state index contributed by atoms with van der Waals surface area (Å²) in [5.74, 6) is 0. The van der Waals surface area contributed by atoms with Crippen molar-refractivity contribution < 1.29 is 17.9 Å². The molecule has 9 heteroatoms. The number of rotatable bonds is 5. The zero-order valence-corrected chi connectivity index (χ0v) is 10.2. The highest BCUT2D eigenvalue weighted by atomic mass is 35.5. The molecule has 0 aliphatic heterocycles. The normalized spacial score (nSPS) is 11.1. The summed E-state index contributed by atoms with van der Waals surface area (Å²) >= 11 is 5.71. The predicted molar refractivity (Wildman–Crippen MR) is 60.0 cm³/mol. The second-order valence-electron chi connectivity index (χ2n) is 2.87. The molecule has 0 aliphatic rings. The van der Waals surface area contributed by atoms with Gasteiger partial charge in [0.15, 0.2) is 0 Å². The van der Waals surface area contributed by atoms with Gasteiger partial charge in [-0.25, -0.2) is 17.9 Å². The first-order valence-electron chi connectivity index (χ1n) is 4.45. The lowest BCUT2D eigenvalue weighted by Crippen LogP contribution is -2.29. The molecule has 1 amide bonds. The number of ether oxygens (including phenoxy) is 1. The predicted octanol–water partition coefficient (Wildman–Crippen LogP) is 0.109. The van der Waals surface area contributed by atoms with E-state index >= 15 is 0 Å². The van der Waals surface area contributed by atoms with E-state index < -0.39 is 16.1 Å². The molecular weight excluding hydrogens is 270 g/mol. The fourth-order valence-electron chi connectivity index (χ4n) is 0.966. The van der Waals surface area contributed by atoms with Crippen molar-refractivity contribution in [2.45, 2.75) is 4.90 Å². The molecule has 3 N–H and O–H groups in total. The molecule has 0 saturated carbocycles. The van der Waals surface area contributed by atoms with E-state index in [1.807, 2.05) is 0 Å². The first-order chi connectivity index (χ1) is 7.93. The number of carbonyl (C=O) groups is 1. The van der Waals surface area contributed by atoms with E-state index in [0.717, 1.165) is 6.20 Å². The average molecular weight is 280 g/mol. The number of nitrogens with two attached hydrogens (primary N) is 1. The first kappa shape index (κ1) is 13.7. The maximum absolute atomic E-state index is 11.7. The second-order valence-corrected chi connectivity index (χ2v) is 5.01. The lowest BCUT2D eigenvalue weighted by atomic mass is 10.5. The highest BCUT2D eigenvalue weighted by molar-refractivity contribution is 7.89. The number of hydrogen-bond donors (Lipinski definition) is 2. The standard InChI is InChI=1S/C8H10ClN3O4S/c9-6-1-2-11-5-7(6)17(14,15)12-3-4-16-8(10)13/h1-2,5,12H,3-4H2,(H2,10,13). The molecule has 1 aromatic rings. The summed E-state index contributed by atoms with van der Waals surface area (Å²) in [6.45, 7) is -0.261. The van der Waals surface area contributed by atoms with Crippen LogP contribution in [-0.4, -0.2) is 32.6 Å². The van der Waals surface area contributed by atoms with Crippen LogP contribution in [0.5, 0.6) is 0 Å². The molecule has 94 valence electrons. The average Bonchev–Trinajstić information content (AvgIpc) is 2.24. The van der Waals surface area contributed by atoms with Crippen molar-refractivity contribution >= 4 is 27.7 Å². The number of nitrogens with zero attached hydrogens (tertiary/aromatic N) is 1. The zero-order valence-electron chi connectivity index (χ0n) is 8.59. The highest BCUT2D eigenvalue weighted by Gasteiger charge is 2.17. The molecular formula is C8H10ClN3O4S. The summed E-state index contributed by atoms with van der Waals surface area (Å²) in [5.41, 5.74) is 4.71. The van der Waals surface area contributed by atoms with Gasteiger partial charge < -0.3 is 10.5 Å². The van der Waals surface area contributed by atoms with E-state index in [-0.39, 0.29) is 23.1 Å². The van der Waals surface area contributed by atoms with E-state index in [2.05, 4.69) is 14.4 Å². The lowest BCUT2D eigenvalue weighted by molar-refractivity contribution is 0.159. The van der Waals surface area contributed by atoms with Crippen molar-refractivity contribution in [3.8, 4) is 0 Å². The Morgan fingerprint density at radius 1 is 1.59 bits per heavy atom. The molecule has 0 spiro atoms. The van der Waals surface area contributed by atoms with Crippen LogP contribution in [0.1, 0.15) is 0 Å². The Bertz CT molecular complexity index is 505.